The zero-order valence-electron chi connectivity index (χ0n) is 12.5. The van der Waals surface area contributed by atoms with Gasteiger partial charge in [-0.25, -0.2) is 9.97 Å². The summed E-state index contributed by atoms with van der Waals surface area (Å²) in [6, 6.07) is 9.35. The van der Waals surface area contributed by atoms with Crippen molar-refractivity contribution in [3.05, 3.63) is 65.3 Å². The molecule has 0 saturated heterocycles. The van der Waals surface area contributed by atoms with Crippen molar-refractivity contribution in [1.29, 1.82) is 0 Å². The summed E-state index contributed by atoms with van der Waals surface area (Å²) in [7, 11) is 1.88. The van der Waals surface area contributed by atoms with Gasteiger partial charge in [-0.15, -0.1) is 0 Å². The minimum absolute atomic E-state index is 0.194. The van der Waals surface area contributed by atoms with Crippen molar-refractivity contribution >= 4 is 34.5 Å². The molecular formula is C17H15ClN4O. The van der Waals surface area contributed by atoms with E-state index in [0.29, 0.717) is 17.3 Å². The summed E-state index contributed by atoms with van der Waals surface area (Å²) in [5, 5.41) is 4.43. The van der Waals surface area contributed by atoms with Crippen molar-refractivity contribution in [3.8, 4) is 0 Å². The molecule has 1 aromatic carbocycles. The second kappa shape index (κ2) is 6.62. The van der Waals surface area contributed by atoms with E-state index in [1.165, 1.54) is 6.08 Å². The van der Waals surface area contributed by atoms with Crippen molar-refractivity contribution in [3.63, 3.8) is 0 Å². The van der Waals surface area contributed by atoms with Gasteiger partial charge in [0.1, 0.15) is 5.82 Å². The minimum atomic E-state index is -0.194. The van der Waals surface area contributed by atoms with Crippen LogP contribution in [-0.2, 0) is 18.4 Å². The Hall–Kier alpha value is -2.66. The first kappa shape index (κ1) is 15.2. The van der Waals surface area contributed by atoms with Crippen LogP contribution in [0.4, 0.5) is 0 Å². The van der Waals surface area contributed by atoms with E-state index in [2.05, 4.69) is 15.3 Å². The van der Waals surface area contributed by atoms with Gasteiger partial charge in [0, 0.05) is 35.9 Å². The Morgan fingerprint density at radius 3 is 2.96 bits per heavy atom. The lowest BCUT2D eigenvalue weighted by molar-refractivity contribution is -0.116. The Balaban J connectivity index is 1.67. The molecule has 1 N–H and O–H groups in total. The summed E-state index contributed by atoms with van der Waals surface area (Å²) < 4.78 is 1.86. The molecule has 23 heavy (non-hydrogen) atoms. The van der Waals surface area contributed by atoms with Gasteiger partial charge in [0.15, 0.2) is 0 Å². The standard InChI is InChI=1S/C17H15ClN4O/c1-22-9-8-19-16(22)11-20-17(23)7-6-14-5-3-12-2-4-13(18)10-15(12)21-14/h2-10H,11H2,1H3,(H,20,23)/b7-6+. The number of nitrogens with zero attached hydrogens (tertiary/aromatic N) is 3. The van der Waals surface area contributed by atoms with Crippen LogP contribution in [0.3, 0.4) is 0 Å². The summed E-state index contributed by atoms with van der Waals surface area (Å²) in [6.07, 6.45) is 6.67. The normalized spacial score (nSPS) is 11.2. The van der Waals surface area contributed by atoms with Gasteiger partial charge in [-0.05, 0) is 24.3 Å². The first-order valence-corrected chi connectivity index (χ1v) is 7.48. The van der Waals surface area contributed by atoms with Crippen molar-refractivity contribution in [2.45, 2.75) is 6.54 Å². The molecule has 2 heterocycles. The van der Waals surface area contributed by atoms with Gasteiger partial charge in [-0.3, -0.25) is 4.79 Å². The molecule has 3 rings (SSSR count). The Morgan fingerprint density at radius 1 is 1.35 bits per heavy atom. The van der Waals surface area contributed by atoms with Crippen molar-refractivity contribution < 1.29 is 4.79 Å². The van der Waals surface area contributed by atoms with Crippen LogP contribution in [0.25, 0.3) is 17.0 Å². The van der Waals surface area contributed by atoms with Crippen LogP contribution in [-0.4, -0.2) is 20.4 Å². The highest BCUT2D eigenvalue weighted by molar-refractivity contribution is 6.31. The van der Waals surface area contributed by atoms with Crippen LogP contribution in [0.1, 0.15) is 11.5 Å². The number of carbonyl (C=O) groups excluding carboxylic acids is 1. The van der Waals surface area contributed by atoms with Gasteiger partial charge in [0.05, 0.1) is 17.8 Å². The molecule has 5 nitrogen and oxygen atoms in total. The zero-order chi connectivity index (χ0) is 16.2. The Morgan fingerprint density at radius 2 is 2.17 bits per heavy atom. The molecule has 1 amide bonds. The molecule has 0 bridgehead atoms. The number of carbonyl (C=O) groups is 1. The molecule has 6 heteroatoms. The summed E-state index contributed by atoms with van der Waals surface area (Å²) in [6.45, 7) is 0.382. The lowest BCUT2D eigenvalue weighted by Gasteiger charge is -2.02. The smallest absolute Gasteiger partial charge is 0.244 e. The largest absolute Gasteiger partial charge is 0.345 e. The highest BCUT2D eigenvalue weighted by Crippen LogP contribution is 2.18. The van der Waals surface area contributed by atoms with Crippen molar-refractivity contribution in [2.24, 2.45) is 7.05 Å². The summed E-state index contributed by atoms with van der Waals surface area (Å²) in [5.74, 6) is 0.603. The molecule has 3 aromatic rings. The first-order valence-electron chi connectivity index (χ1n) is 7.10. The van der Waals surface area contributed by atoms with E-state index in [0.717, 1.165) is 16.7 Å². The predicted octanol–water partition coefficient (Wildman–Crippen LogP) is 2.95. The van der Waals surface area contributed by atoms with Gasteiger partial charge < -0.3 is 9.88 Å². The lowest BCUT2D eigenvalue weighted by atomic mass is 10.2. The van der Waals surface area contributed by atoms with Gasteiger partial charge in [0.2, 0.25) is 5.91 Å². The van der Waals surface area contributed by atoms with Gasteiger partial charge in [-0.1, -0.05) is 23.7 Å². The number of rotatable bonds is 4. The van der Waals surface area contributed by atoms with E-state index in [4.69, 9.17) is 11.6 Å². The maximum absolute atomic E-state index is 11.9. The van der Waals surface area contributed by atoms with Crippen LogP contribution >= 0.6 is 11.6 Å². The molecular weight excluding hydrogens is 312 g/mol. The Kier molecular flexibility index (Phi) is 4.39. The monoisotopic (exact) mass is 326 g/mol. The van der Waals surface area contributed by atoms with E-state index in [-0.39, 0.29) is 5.91 Å². The number of hydrogen-bond donors (Lipinski definition) is 1. The number of imidazole rings is 1. The average molecular weight is 327 g/mol. The number of halogens is 1. The zero-order valence-corrected chi connectivity index (χ0v) is 13.3. The third kappa shape index (κ3) is 3.76. The van der Waals surface area contributed by atoms with Gasteiger partial charge in [0.25, 0.3) is 0 Å². The summed E-state index contributed by atoms with van der Waals surface area (Å²) in [4.78, 5) is 20.5. The molecule has 2 aromatic heterocycles. The highest BCUT2D eigenvalue weighted by Gasteiger charge is 2.02. The Labute approximate surface area is 138 Å². The van der Waals surface area contributed by atoms with Crippen LogP contribution in [0, 0.1) is 0 Å². The minimum Gasteiger partial charge on any atom is -0.345 e. The lowest BCUT2D eigenvalue weighted by Crippen LogP contribution is -2.22. The quantitative estimate of drug-likeness (QED) is 0.750. The summed E-state index contributed by atoms with van der Waals surface area (Å²) in [5.41, 5.74) is 1.50. The molecule has 0 unspecified atom stereocenters. The molecule has 0 saturated carbocycles. The number of pyridine rings is 1. The fraction of sp³-hybridized carbons (Fsp3) is 0.118. The van der Waals surface area contributed by atoms with Crippen LogP contribution in [0.2, 0.25) is 5.02 Å². The highest BCUT2D eigenvalue weighted by atomic mass is 35.5. The molecule has 0 aliphatic rings. The second-order valence-corrected chi connectivity index (χ2v) is 5.52. The molecule has 0 atom stereocenters. The number of benzene rings is 1. The maximum Gasteiger partial charge on any atom is 0.244 e. The maximum atomic E-state index is 11.9. The van der Waals surface area contributed by atoms with E-state index < -0.39 is 0 Å². The Bertz CT molecular complexity index is 885. The van der Waals surface area contributed by atoms with Crippen LogP contribution < -0.4 is 5.32 Å². The number of hydrogen-bond acceptors (Lipinski definition) is 3. The van der Waals surface area contributed by atoms with E-state index in [1.54, 1.807) is 18.3 Å². The van der Waals surface area contributed by atoms with E-state index in [9.17, 15) is 4.79 Å². The first-order chi connectivity index (χ1) is 11.1. The predicted molar refractivity (Wildman–Crippen MR) is 90.8 cm³/mol. The molecule has 0 fully saturated rings. The van der Waals surface area contributed by atoms with Crippen molar-refractivity contribution in [2.75, 3.05) is 0 Å². The third-order valence-corrected chi connectivity index (χ3v) is 3.66. The molecule has 116 valence electrons. The summed E-state index contributed by atoms with van der Waals surface area (Å²) >= 11 is 5.97. The third-order valence-electron chi connectivity index (χ3n) is 3.42. The van der Waals surface area contributed by atoms with Crippen molar-refractivity contribution in [1.82, 2.24) is 19.9 Å². The number of nitrogens with one attached hydrogen (secondary N) is 1. The SMILES string of the molecule is Cn1ccnc1CNC(=O)/C=C/c1ccc2ccc(Cl)cc2n1. The number of aryl methyl sites for hydroxylation is 1. The molecule has 0 aliphatic heterocycles. The second-order valence-electron chi connectivity index (χ2n) is 5.08. The number of aromatic nitrogens is 3. The molecule has 0 spiro atoms. The van der Waals surface area contributed by atoms with Gasteiger partial charge >= 0.3 is 0 Å². The fourth-order valence-corrected chi connectivity index (χ4v) is 2.32. The van der Waals surface area contributed by atoms with E-state index in [1.807, 2.05) is 42.1 Å². The number of amides is 1. The number of fused-ring (bicyclic) bond motifs is 1. The van der Waals surface area contributed by atoms with Gasteiger partial charge in [-0.2, -0.15) is 0 Å². The average Bonchev–Trinajstić information content (AvgIpc) is 2.95. The van der Waals surface area contributed by atoms with E-state index >= 15 is 0 Å². The fourth-order valence-electron chi connectivity index (χ4n) is 2.15. The molecule has 0 radical (unpaired) electrons. The van der Waals surface area contributed by atoms with Crippen LogP contribution in [0.5, 0.6) is 0 Å². The molecule has 0 aliphatic carbocycles. The topological polar surface area (TPSA) is 59.8 Å². The van der Waals surface area contributed by atoms with Crippen LogP contribution in [0.15, 0.2) is 48.8 Å².